The normalized spacial score (nSPS) is 13.7. The van der Waals surface area contributed by atoms with Gasteiger partial charge >= 0.3 is 6.03 Å². The van der Waals surface area contributed by atoms with E-state index in [1.165, 1.54) is 0 Å². The van der Waals surface area contributed by atoms with E-state index < -0.39 is 5.56 Å². The molecule has 3 heterocycles. The molecular weight excluding hydrogens is 394 g/mol. The number of amides is 3. The Morgan fingerprint density at radius 1 is 0.968 bits per heavy atom. The summed E-state index contributed by atoms with van der Waals surface area (Å²) >= 11 is 0. The van der Waals surface area contributed by atoms with E-state index in [2.05, 4.69) is 15.3 Å². The molecule has 0 unspecified atom stereocenters. The number of aryl methyl sites for hydroxylation is 1. The van der Waals surface area contributed by atoms with E-state index in [1.54, 1.807) is 46.5 Å². The molecule has 1 aliphatic rings. The first kappa shape index (κ1) is 20.3. The number of nitrogens with zero attached hydrogens (tertiary/aromatic N) is 3. The zero-order chi connectivity index (χ0) is 21.8. The molecule has 1 fully saturated rings. The number of piperazine rings is 1. The van der Waals surface area contributed by atoms with E-state index in [-0.39, 0.29) is 17.5 Å². The molecule has 0 aliphatic carbocycles. The number of aromatic amines is 1. The first-order valence-corrected chi connectivity index (χ1v) is 10.1. The lowest BCUT2D eigenvalue weighted by Gasteiger charge is -2.34. The van der Waals surface area contributed by atoms with Crippen LogP contribution in [0.2, 0.25) is 0 Å². The van der Waals surface area contributed by atoms with Gasteiger partial charge in [-0.3, -0.25) is 14.6 Å². The molecule has 2 aromatic heterocycles. The summed E-state index contributed by atoms with van der Waals surface area (Å²) in [5, 5.41) is 2.88. The third kappa shape index (κ3) is 4.63. The van der Waals surface area contributed by atoms with Gasteiger partial charge in [-0.1, -0.05) is 12.1 Å². The zero-order valence-electron chi connectivity index (χ0n) is 17.2. The SMILES string of the molecule is Cc1cccc(NC(=O)N2CCN(C(=O)c3ccc(-c4ccncc4)[nH]c3=O)CC2)c1. The number of benzene rings is 1. The van der Waals surface area contributed by atoms with Crippen molar-refractivity contribution in [3.05, 3.63) is 82.4 Å². The van der Waals surface area contributed by atoms with Gasteiger partial charge in [-0.25, -0.2) is 4.79 Å². The van der Waals surface area contributed by atoms with Crippen LogP contribution in [0.1, 0.15) is 15.9 Å². The molecule has 158 valence electrons. The number of aromatic nitrogens is 2. The highest BCUT2D eigenvalue weighted by atomic mass is 16.2. The van der Waals surface area contributed by atoms with E-state index in [0.717, 1.165) is 16.8 Å². The van der Waals surface area contributed by atoms with Gasteiger partial charge in [0, 0.05) is 55.5 Å². The van der Waals surface area contributed by atoms with Crippen molar-refractivity contribution in [1.82, 2.24) is 19.8 Å². The number of H-pyrrole nitrogens is 1. The number of nitrogens with one attached hydrogen (secondary N) is 2. The fourth-order valence-electron chi connectivity index (χ4n) is 3.55. The number of carbonyl (C=O) groups excluding carboxylic acids is 2. The van der Waals surface area contributed by atoms with Crippen molar-refractivity contribution in [2.75, 3.05) is 31.5 Å². The lowest BCUT2D eigenvalue weighted by molar-refractivity contribution is 0.0670. The summed E-state index contributed by atoms with van der Waals surface area (Å²) in [4.78, 5) is 47.9. The Bertz CT molecular complexity index is 1150. The van der Waals surface area contributed by atoms with Gasteiger partial charge in [-0.2, -0.15) is 0 Å². The van der Waals surface area contributed by atoms with Crippen molar-refractivity contribution in [3.8, 4) is 11.3 Å². The second-order valence-electron chi connectivity index (χ2n) is 7.43. The maximum atomic E-state index is 12.9. The summed E-state index contributed by atoms with van der Waals surface area (Å²) in [7, 11) is 0. The molecule has 3 amide bonds. The van der Waals surface area contributed by atoms with E-state index in [9.17, 15) is 14.4 Å². The minimum Gasteiger partial charge on any atom is -0.335 e. The zero-order valence-corrected chi connectivity index (χ0v) is 17.2. The number of anilines is 1. The third-order valence-electron chi connectivity index (χ3n) is 5.25. The van der Waals surface area contributed by atoms with Crippen LogP contribution in [0.3, 0.4) is 0 Å². The standard InChI is InChI=1S/C23H23N5O3/c1-16-3-2-4-18(15-16)25-23(31)28-13-11-27(12-14-28)22(30)19-5-6-20(26-21(19)29)17-7-9-24-10-8-17/h2-10,15H,11-14H2,1H3,(H,25,31)(H,26,29). The molecule has 1 aromatic carbocycles. The predicted molar refractivity (Wildman–Crippen MR) is 118 cm³/mol. The van der Waals surface area contributed by atoms with Gasteiger partial charge in [-0.15, -0.1) is 0 Å². The maximum Gasteiger partial charge on any atom is 0.321 e. The molecule has 8 heteroatoms. The number of hydrogen-bond donors (Lipinski definition) is 2. The molecule has 1 aliphatic heterocycles. The molecule has 3 aromatic rings. The van der Waals surface area contributed by atoms with Gasteiger partial charge in [0.25, 0.3) is 11.5 Å². The van der Waals surface area contributed by atoms with Crippen molar-refractivity contribution in [2.24, 2.45) is 0 Å². The van der Waals surface area contributed by atoms with Crippen molar-refractivity contribution < 1.29 is 9.59 Å². The van der Waals surface area contributed by atoms with Crippen molar-refractivity contribution >= 4 is 17.6 Å². The topological polar surface area (TPSA) is 98.4 Å². The average Bonchev–Trinajstić information content (AvgIpc) is 2.79. The van der Waals surface area contributed by atoms with Gasteiger partial charge in [-0.05, 0) is 48.9 Å². The highest BCUT2D eigenvalue weighted by Crippen LogP contribution is 2.15. The summed E-state index contributed by atoms with van der Waals surface area (Å²) in [5.74, 6) is -0.332. The molecule has 4 rings (SSSR count). The Morgan fingerprint density at radius 3 is 2.35 bits per heavy atom. The van der Waals surface area contributed by atoms with E-state index in [0.29, 0.717) is 31.9 Å². The fourth-order valence-corrected chi connectivity index (χ4v) is 3.55. The lowest BCUT2D eigenvalue weighted by Crippen LogP contribution is -2.52. The summed E-state index contributed by atoms with van der Waals surface area (Å²) < 4.78 is 0. The highest BCUT2D eigenvalue weighted by Gasteiger charge is 2.26. The first-order valence-electron chi connectivity index (χ1n) is 10.1. The molecule has 0 atom stereocenters. The van der Waals surface area contributed by atoms with Gasteiger partial charge in [0.1, 0.15) is 5.56 Å². The Labute approximate surface area is 179 Å². The van der Waals surface area contributed by atoms with E-state index in [1.807, 2.05) is 31.2 Å². The van der Waals surface area contributed by atoms with Gasteiger partial charge in [0.2, 0.25) is 0 Å². The van der Waals surface area contributed by atoms with Crippen molar-refractivity contribution in [3.63, 3.8) is 0 Å². The van der Waals surface area contributed by atoms with Gasteiger partial charge in [0.15, 0.2) is 0 Å². The van der Waals surface area contributed by atoms with Gasteiger partial charge < -0.3 is 20.1 Å². The number of rotatable bonds is 3. The van der Waals surface area contributed by atoms with E-state index in [4.69, 9.17) is 0 Å². The number of hydrogen-bond acceptors (Lipinski definition) is 4. The maximum absolute atomic E-state index is 12.9. The summed E-state index contributed by atoms with van der Waals surface area (Å²) in [5.41, 5.74) is 2.91. The molecule has 0 radical (unpaired) electrons. The van der Waals surface area contributed by atoms with Crippen LogP contribution in [0.5, 0.6) is 0 Å². The molecule has 2 N–H and O–H groups in total. The van der Waals surface area contributed by atoms with Crippen LogP contribution in [0.25, 0.3) is 11.3 Å². The minimum absolute atomic E-state index is 0.0930. The summed E-state index contributed by atoms with van der Waals surface area (Å²) in [6.07, 6.45) is 3.28. The van der Waals surface area contributed by atoms with Crippen LogP contribution >= 0.6 is 0 Å². The van der Waals surface area contributed by atoms with Crippen molar-refractivity contribution in [1.29, 1.82) is 0 Å². The second-order valence-corrected chi connectivity index (χ2v) is 7.43. The first-order chi connectivity index (χ1) is 15.0. The quantitative estimate of drug-likeness (QED) is 0.685. The van der Waals surface area contributed by atoms with Crippen LogP contribution in [0, 0.1) is 6.92 Å². The monoisotopic (exact) mass is 417 g/mol. The number of carbonyl (C=O) groups is 2. The third-order valence-corrected chi connectivity index (χ3v) is 5.25. The molecule has 1 saturated heterocycles. The number of pyridine rings is 2. The molecule has 0 saturated carbocycles. The summed E-state index contributed by atoms with van der Waals surface area (Å²) in [6, 6.07) is 14.2. The number of urea groups is 1. The van der Waals surface area contributed by atoms with E-state index >= 15 is 0 Å². The molecule has 8 nitrogen and oxygen atoms in total. The van der Waals surface area contributed by atoms with Gasteiger partial charge in [0.05, 0.1) is 0 Å². The van der Waals surface area contributed by atoms with Crippen LogP contribution in [-0.2, 0) is 0 Å². The average molecular weight is 417 g/mol. The van der Waals surface area contributed by atoms with Crippen LogP contribution < -0.4 is 10.9 Å². The highest BCUT2D eigenvalue weighted by molar-refractivity contribution is 5.94. The Morgan fingerprint density at radius 2 is 1.68 bits per heavy atom. The fraction of sp³-hybridized carbons (Fsp3) is 0.217. The van der Waals surface area contributed by atoms with Crippen LogP contribution in [-0.4, -0.2) is 57.9 Å². The largest absolute Gasteiger partial charge is 0.335 e. The van der Waals surface area contributed by atoms with Crippen LogP contribution in [0.4, 0.5) is 10.5 Å². The summed E-state index contributed by atoms with van der Waals surface area (Å²) in [6.45, 7) is 3.50. The minimum atomic E-state index is -0.432. The van der Waals surface area contributed by atoms with Crippen molar-refractivity contribution in [2.45, 2.75) is 6.92 Å². The Kier molecular flexibility index (Phi) is 5.79. The second kappa shape index (κ2) is 8.83. The van der Waals surface area contributed by atoms with Crippen LogP contribution in [0.15, 0.2) is 65.7 Å². The predicted octanol–water partition coefficient (Wildman–Crippen LogP) is 2.74. The Hall–Kier alpha value is -3.94. The molecule has 31 heavy (non-hydrogen) atoms. The molecular formula is C23H23N5O3. The lowest BCUT2D eigenvalue weighted by atomic mass is 10.1. The Balaban J connectivity index is 1.38. The molecule has 0 bridgehead atoms. The molecule has 0 spiro atoms. The smallest absolute Gasteiger partial charge is 0.321 e.